The molecule has 0 aliphatic carbocycles. The van der Waals surface area contributed by atoms with E-state index >= 15 is 0 Å². The Kier molecular flexibility index (Phi) is 6.54. The predicted molar refractivity (Wildman–Crippen MR) is 113 cm³/mol. The van der Waals surface area contributed by atoms with Crippen molar-refractivity contribution in [2.75, 3.05) is 19.7 Å². The fraction of sp³-hybridized carbons (Fsp3) is 0.318. The minimum Gasteiger partial charge on any atom is -0.493 e. The summed E-state index contributed by atoms with van der Waals surface area (Å²) in [5.41, 5.74) is 0.725. The third kappa shape index (κ3) is 5.50. The molecule has 0 saturated carbocycles. The number of rotatable bonds is 7. The van der Waals surface area contributed by atoms with Crippen LogP contribution in [0.25, 0.3) is 0 Å². The lowest BCUT2D eigenvalue weighted by atomic mass is 9.89. The maximum Gasteiger partial charge on any atom is 0.573 e. The lowest BCUT2D eigenvalue weighted by Gasteiger charge is -2.19. The zero-order chi connectivity index (χ0) is 24.5. The summed E-state index contributed by atoms with van der Waals surface area (Å²) in [6.45, 7) is 0.237. The number of nitrogens with zero attached hydrogens (tertiary/aromatic N) is 3. The molecule has 1 aromatic heterocycles. The molecule has 0 bridgehead atoms. The molecular weight excluding hydrogens is 478 g/mol. The standard InChI is InChI=1S/C22H21F4N3O4S/c1-28-12-21(27-14-28)34(30,31)29-10-16(20(11-29)15-5-7-17(23)8-6-15)13-32-18-3-2-4-19(9-18)33-22(24,25)26/h2-9,12,14,16,20H,10-11,13H2,1H3/t16-,20-/m0/s1. The molecule has 12 heteroatoms. The van der Waals surface area contributed by atoms with Crippen molar-refractivity contribution in [1.29, 1.82) is 0 Å². The number of sulfonamides is 1. The highest BCUT2D eigenvalue weighted by molar-refractivity contribution is 7.89. The number of halogens is 4. The highest BCUT2D eigenvalue weighted by Crippen LogP contribution is 2.36. The van der Waals surface area contributed by atoms with Gasteiger partial charge in [-0.25, -0.2) is 17.8 Å². The lowest BCUT2D eigenvalue weighted by molar-refractivity contribution is -0.274. The molecule has 0 spiro atoms. The Labute approximate surface area is 193 Å². The van der Waals surface area contributed by atoms with E-state index in [1.54, 1.807) is 19.2 Å². The van der Waals surface area contributed by atoms with E-state index < -0.39 is 28.0 Å². The zero-order valence-corrected chi connectivity index (χ0v) is 18.8. The van der Waals surface area contributed by atoms with E-state index in [1.807, 2.05) is 0 Å². The van der Waals surface area contributed by atoms with Gasteiger partial charge in [-0.2, -0.15) is 4.31 Å². The summed E-state index contributed by atoms with van der Waals surface area (Å²) >= 11 is 0. The predicted octanol–water partition coefficient (Wildman–Crippen LogP) is 3.94. The van der Waals surface area contributed by atoms with Crippen molar-refractivity contribution < 1.29 is 35.5 Å². The molecule has 1 saturated heterocycles. The first-order valence-electron chi connectivity index (χ1n) is 10.2. The van der Waals surface area contributed by atoms with Crippen molar-refractivity contribution in [1.82, 2.24) is 13.9 Å². The number of aromatic nitrogens is 2. The first kappa shape index (κ1) is 24.0. The maximum atomic E-state index is 13.5. The second-order valence-electron chi connectivity index (χ2n) is 7.95. The Morgan fingerprint density at radius 3 is 2.44 bits per heavy atom. The summed E-state index contributed by atoms with van der Waals surface area (Å²) in [6, 6.07) is 10.9. The van der Waals surface area contributed by atoms with E-state index in [1.165, 1.54) is 45.7 Å². The molecule has 2 aromatic carbocycles. The molecule has 7 nitrogen and oxygen atoms in total. The third-order valence-electron chi connectivity index (χ3n) is 5.49. The Balaban J connectivity index is 1.55. The number of aryl methyl sites for hydroxylation is 1. The number of ether oxygens (including phenoxy) is 2. The van der Waals surface area contributed by atoms with Gasteiger partial charge in [-0.1, -0.05) is 18.2 Å². The molecule has 2 atom stereocenters. The third-order valence-corrected chi connectivity index (χ3v) is 7.21. The largest absolute Gasteiger partial charge is 0.573 e. The van der Waals surface area contributed by atoms with Crippen LogP contribution in [-0.2, 0) is 17.1 Å². The van der Waals surface area contributed by atoms with E-state index in [4.69, 9.17) is 4.74 Å². The SMILES string of the molecule is Cn1cnc(S(=O)(=O)N2C[C@@H](COc3cccc(OC(F)(F)F)c3)[C@H](c3ccc(F)cc3)C2)c1. The Bertz CT molecular complexity index is 1250. The van der Waals surface area contributed by atoms with Crippen LogP contribution in [0.2, 0.25) is 0 Å². The Hall–Kier alpha value is -3.12. The molecule has 34 heavy (non-hydrogen) atoms. The van der Waals surface area contributed by atoms with E-state index in [2.05, 4.69) is 9.72 Å². The molecule has 3 aromatic rings. The van der Waals surface area contributed by atoms with Crippen LogP contribution < -0.4 is 9.47 Å². The minimum absolute atomic E-state index is 0.0196. The van der Waals surface area contributed by atoms with Gasteiger partial charge in [0.2, 0.25) is 0 Å². The van der Waals surface area contributed by atoms with Crippen LogP contribution in [0, 0.1) is 11.7 Å². The summed E-state index contributed by atoms with van der Waals surface area (Å²) in [6.07, 6.45) is -2.05. The van der Waals surface area contributed by atoms with Gasteiger partial charge in [0.25, 0.3) is 10.0 Å². The van der Waals surface area contributed by atoms with Crippen LogP contribution in [-0.4, -0.2) is 48.3 Å². The highest BCUT2D eigenvalue weighted by atomic mass is 32.2. The van der Waals surface area contributed by atoms with Crippen LogP contribution in [0.15, 0.2) is 66.1 Å². The summed E-state index contributed by atoms with van der Waals surface area (Å²) < 4.78 is 89.6. The smallest absolute Gasteiger partial charge is 0.493 e. The molecule has 0 amide bonds. The molecule has 0 N–H and O–H groups in total. The van der Waals surface area contributed by atoms with Crippen LogP contribution in [0.4, 0.5) is 17.6 Å². The zero-order valence-electron chi connectivity index (χ0n) is 17.9. The van der Waals surface area contributed by atoms with Gasteiger partial charge in [0.15, 0.2) is 5.03 Å². The Morgan fingerprint density at radius 1 is 1.09 bits per heavy atom. The normalized spacial score (nSPS) is 19.3. The molecule has 2 heterocycles. The van der Waals surface area contributed by atoms with Gasteiger partial charge < -0.3 is 14.0 Å². The summed E-state index contributed by atoms with van der Waals surface area (Å²) in [7, 11) is -2.23. The summed E-state index contributed by atoms with van der Waals surface area (Å²) in [5, 5.41) is -0.0913. The highest BCUT2D eigenvalue weighted by Gasteiger charge is 2.41. The van der Waals surface area contributed by atoms with Gasteiger partial charge in [0, 0.05) is 44.2 Å². The fourth-order valence-corrected chi connectivity index (χ4v) is 5.39. The topological polar surface area (TPSA) is 73.7 Å². The second kappa shape index (κ2) is 9.26. The number of benzene rings is 2. The van der Waals surface area contributed by atoms with E-state index in [9.17, 15) is 26.0 Å². The molecule has 4 rings (SSSR count). The molecule has 182 valence electrons. The molecule has 0 radical (unpaired) electrons. The average molecular weight is 499 g/mol. The average Bonchev–Trinajstić information content (AvgIpc) is 3.39. The van der Waals surface area contributed by atoms with Gasteiger partial charge in [-0.3, -0.25) is 0 Å². The van der Waals surface area contributed by atoms with Crippen LogP contribution in [0.1, 0.15) is 11.5 Å². The second-order valence-corrected chi connectivity index (χ2v) is 9.84. The van der Waals surface area contributed by atoms with Crippen molar-refractivity contribution >= 4 is 10.0 Å². The van der Waals surface area contributed by atoms with Crippen LogP contribution >= 0.6 is 0 Å². The quantitative estimate of drug-likeness (QED) is 0.461. The van der Waals surface area contributed by atoms with E-state index in [-0.39, 0.29) is 42.3 Å². The molecule has 1 aliphatic rings. The first-order chi connectivity index (χ1) is 16.0. The Morgan fingerprint density at radius 2 is 1.79 bits per heavy atom. The number of hydrogen-bond donors (Lipinski definition) is 0. The maximum absolute atomic E-state index is 13.5. The van der Waals surface area contributed by atoms with Crippen LogP contribution in [0.3, 0.4) is 0 Å². The first-order valence-corrected chi connectivity index (χ1v) is 11.7. The van der Waals surface area contributed by atoms with Crippen molar-refractivity contribution in [3.05, 3.63) is 72.4 Å². The molecular formula is C22H21F4N3O4S. The van der Waals surface area contributed by atoms with Crippen molar-refractivity contribution in [3.63, 3.8) is 0 Å². The summed E-state index contributed by atoms with van der Waals surface area (Å²) in [5.74, 6) is -1.38. The number of alkyl halides is 3. The lowest BCUT2D eigenvalue weighted by Crippen LogP contribution is -2.30. The van der Waals surface area contributed by atoms with Gasteiger partial charge in [-0.05, 0) is 29.8 Å². The van der Waals surface area contributed by atoms with E-state index in [0.717, 1.165) is 17.7 Å². The van der Waals surface area contributed by atoms with Gasteiger partial charge >= 0.3 is 6.36 Å². The monoisotopic (exact) mass is 499 g/mol. The summed E-state index contributed by atoms with van der Waals surface area (Å²) in [4.78, 5) is 3.95. The van der Waals surface area contributed by atoms with Crippen LogP contribution in [0.5, 0.6) is 11.5 Å². The molecule has 0 unspecified atom stereocenters. The van der Waals surface area contributed by atoms with Crippen molar-refractivity contribution in [2.24, 2.45) is 13.0 Å². The minimum atomic E-state index is -4.84. The molecule has 1 aliphatic heterocycles. The van der Waals surface area contributed by atoms with Crippen molar-refractivity contribution in [2.45, 2.75) is 17.3 Å². The molecule has 1 fully saturated rings. The van der Waals surface area contributed by atoms with Gasteiger partial charge in [0.1, 0.15) is 17.3 Å². The number of imidazole rings is 1. The van der Waals surface area contributed by atoms with E-state index in [0.29, 0.717) is 0 Å². The van der Waals surface area contributed by atoms with Gasteiger partial charge in [-0.15, -0.1) is 13.2 Å². The van der Waals surface area contributed by atoms with Gasteiger partial charge in [0.05, 0.1) is 12.9 Å². The number of hydrogen-bond acceptors (Lipinski definition) is 5. The fourth-order valence-electron chi connectivity index (χ4n) is 3.90. The van der Waals surface area contributed by atoms with Crippen molar-refractivity contribution in [3.8, 4) is 11.5 Å².